The zero-order chi connectivity index (χ0) is 23.4. The van der Waals surface area contributed by atoms with Gasteiger partial charge in [-0.2, -0.15) is 4.31 Å². The van der Waals surface area contributed by atoms with Crippen molar-refractivity contribution in [2.45, 2.75) is 25.9 Å². The Bertz CT molecular complexity index is 1240. The lowest BCUT2D eigenvalue weighted by Crippen LogP contribution is -2.51. The van der Waals surface area contributed by atoms with Gasteiger partial charge in [0.05, 0.1) is 12.9 Å². The highest BCUT2D eigenvalue weighted by Gasteiger charge is 2.37. The van der Waals surface area contributed by atoms with E-state index in [0.29, 0.717) is 29.4 Å². The summed E-state index contributed by atoms with van der Waals surface area (Å²) in [4.78, 5) is 13.1. The van der Waals surface area contributed by atoms with Gasteiger partial charge in [-0.15, -0.1) is 0 Å². The first-order valence-corrected chi connectivity index (χ1v) is 12.3. The predicted octanol–water partition coefficient (Wildman–Crippen LogP) is 4.20. The van der Waals surface area contributed by atoms with Crippen molar-refractivity contribution in [3.8, 4) is 17.2 Å². The summed E-state index contributed by atoms with van der Waals surface area (Å²) in [6.07, 6.45) is 0.330. The topological polar surface area (TPSA) is 84.9 Å². The Morgan fingerprint density at radius 3 is 2.27 bits per heavy atom. The largest absolute Gasteiger partial charge is 0.493 e. The zero-order valence-corrected chi connectivity index (χ0v) is 19.3. The third-order valence-corrected chi connectivity index (χ3v) is 7.48. The van der Waals surface area contributed by atoms with Crippen LogP contribution in [0.2, 0.25) is 0 Å². The molecule has 1 amide bonds. The Morgan fingerprint density at radius 2 is 1.61 bits per heavy atom. The standard InChI is InChI=1S/C25H26N2O5S/c1-3-33(29,30)27-17-19-9-5-4-8-18(19)16-22(27)25(28)26-20-12-14-21(15-13-20)32-24-11-7-6-10-23(24)31-2/h4-15,22H,3,16-17H2,1-2H3,(H,26,28)/t22-/m1/s1. The van der Waals surface area contributed by atoms with Crippen molar-refractivity contribution in [3.63, 3.8) is 0 Å². The first-order valence-electron chi connectivity index (χ1n) is 10.7. The molecule has 33 heavy (non-hydrogen) atoms. The number of hydrogen-bond donors (Lipinski definition) is 1. The van der Waals surface area contributed by atoms with E-state index in [1.54, 1.807) is 44.4 Å². The lowest BCUT2D eigenvalue weighted by atomic mass is 9.95. The maximum Gasteiger partial charge on any atom is 0.243 e. The van der Waals surface area contributed by atoms with Crippen LogP contribution in [0.1, 0.15) is 18.1 Å². The molecule has 3 aromatic carbocycles. The summed E-state index contributed by atoms with van der Waals surface area (Å²) in [5, 5.41) is 2.86. The molecule has 0 aromatic heterocycles. The monoisotopic (exact) mass is 466 g/mol. The van der Waals surface area contributed by atoms with Gasteiger partial charge in [0.1, 0.15) is 11.8 Å². The van der Waals surface area contributed by atoms with Gasteiger partial charge in [0.15, 0.2) is 11.5 Å². The van der Waals surface area contributed by atoms with Gasteiger partial charge < -0.3 is 14.8 Å². The van der Waals surface area contributed by atoms with Gasteiger partial charge in [0.25, 0.3) is 0 Å². The maximum absolute atomic E-state index is 13.1. The molecule has 3 aromatic rings. The van der Waals surface area contributed by atoms with Crippen molar-refractivity contribution in [2.24, 2.45) is 0 Å². The highest BCUT2D eigenvalue weighted by molar-refractivity contribution is 7.89. The number of carbonyl (C=O) groups excluding carboxylic acids is 1. The molecule has 1 aliphatic heterocycles. The number of nitrogens with zero attached hydrogens (tertiary/aromatic N) is 1. The quantitative estimate of drug-likeness (QED) is 0.564. The van der Waals surface area contributed by atoms with E-state index in [1.165, 1.54) is 4.31 Å². The minimum atomic E-state index is -3.56. The lowest BCUT2D eigenvalue weighted by Gasteiger charge is -2.34. The fraction of sp³-hybridized carbons (Fsp3) is 0.240. The zero-order valence-electron chi connectivity index (χ0n) is 18.5. The normalized spacial score (nSPS) is 16.0. The van der Waals surface area contributed by atoms with Crippen molar-refractivity contribution in [1.29, 1.82) is 0 Å². The number of para-hydroxylation sites is 2. The molecule has 0 saturated carbocycles. The van der Waals surface area contributed by atoms with Gasteiger partial charge in [0, 0.05) is 12.2 Å². The van der Waals surface area contributed by atoms with E-state index in [9.17, 15) is 13.2 Å². The number of ether oxygens (including phenoxy) is 2. The molecule has 0 radical (unpaired) electrons. The SMILES string of the molecule is CCS(=O)(=O)N1Cc2ccccc2C[C@@H]1C(=O)Nc1ccc(Oc2ccccc2OC)cc1. The number of carbonyl (C=O) groups is 1. The maximum atomic E-state index is 13.1. The Labute approximate surface area is 194 Å². The van der Waals surface area contributed by atoms with Crippen LogP contribution in [0.25, 0.3) is 0 Å². The summed E-state index contributed by atoms with van der Waals surface area (Å²) in [5.41, 5.74) is 2.47. The molecule has 1 aliphatic rings. The van der Waals surface area contributed by atoms with Gasteiger partial charge in [-0.1, -0.05) is 36.4 Å². The molecule has 0 saturated heterocycles. The van der Waals surface area contributed by atoms with Crippen LogP contribution in [-0.2, 0) is 27.8 Å². The highest BCUT2D eigenvalue weighted by Crippen LogP contribution is 2.32. The number of amides is 1. The van der Waals surface area contributed by atoms with Crippen molar-refractivity contribution >= 4 is 21.6 Å². The summed E-state index contributed by atoms with van der Waals surface area (Å²) in [7, 11) is -1.98. The minimum Gasteiger partial charge on any atom is -0.493 e. The molecule has 1 heterocycles. The number of rotatable bonds is 7. The van der Waals surface area contributed by atoms with Crippen LogP contribution in [0.3, 0.4) is 0 Å². The van der Waals surface area contributed by atoms with Crippen molar-refractivity contribution in [2.75, 3.05) is 18.2 Å². The Hall–Kier alpha value is -3.36. The predicted molar refractivity (Wildman–Crippen MR) is 127 cm³/mol. The Morgan fingerprint density at radius 1 is 0.970 bits per heavy atom. The first-order chi connectivity index (χ1) is 15.9. The third-order valence-electron chi connectivity index (χ3n) is 5.65. The second-order valence-electron chi connectivity index (χ2n) is 7.70. The van der Waals surface area contributed by atoms with Gasteiger partial charge >= 0.3 is 0 Å². The van der Waals surface area contributed by atoms with Crippen molar-refractivity contribution in [3.05, 3.63) is 83.9 Å². The van der Waals surface area contributed by atoms with Gasteiger partial charge in [0.2, 0.25) is 15.9 Å². The number of nitrogens with one attached hydrogen (secondary N) is 1. The third kappa shape index (κ3) is 5.02. The number of benzene rings is 3. The summed E-state index contributed by atoms with van der Waals surface area (Å²) < 4.78 is 37.9. The van der Waals surface area contributed by atoms with Crippen LogP contribution >= 0.6 is 0 Å². The molecule has 1 N–H and O–H groups in total. The molecular formula is C25H26N2O5S. The molecule has 1 atom stereocenters. The van der Waals surface area contributed by atoms with Crippen LogP contribution in [0.15, 0.2) is 72.8 Å². The van der Waals surface area contributed by atoms with Crippen LogP contribution < -0.4 is 14.8 Å². The van der Waals surface area contributed by atoms with Gasteiger partial charge in [-0.25, -0.2) is 8.42 Å². The fourth-order valence-electron chi connectivity index (χ4n) is 3.84. The molecule has 0 unspecified atom stereocenters. The molecule has 0 aliphatic carbocycles. The molecule has 7 nitrogen and oxygen atoms in total. The van der Waals surface area contributed by atoms with E-state index in [2.05, 4.69) is 5.32 Å². The van der Waals surface area contributed by atoms with Gasteiger partial charge in [-0.05, 0) is 60.9 Å². The molecule has 8 heteroatoms. The smallest absolute Gasteiger partial charge is 0.243 e. The second-order valence-corrected chi connectivity index (χ2v) is 9.91. The fourth-order valence-corrected chi connectivity index (χ4v) is 5.07. The van der Waals surface area contributed by atoms with Crippen molar-refractivity contribution in [1.82, 2.24) is 4.31 Å². The number of methoxy groups -OCH3 is 1. The van der Waals surface area contributed by atoms with Crippen molar-refractivity contribution < 1.29 is 22.7 Å². The van der Waals surface area contributed by atoms with Crippen LogP contribution in [0, 0.1) is 0 Å². The van der Waals surface area contributed by atoms with E-state index in [4.69, 9.17) is 9.47 Å². The average Bonchev–Trinajstić information content (AvgIpc) is 2.84. The van der Waals surface area contributed by atoms with E-state index in [1.807, 2.05) is 42.5 Å². The first kappa shape index (κ1) is 22.8. The lowest BCUT2D eigenvalue weighted by molar-refractivity contribution is -0.120. The minimum absolute atomic E-state index is 0.0616. The van der Waals surface area contributed by atoms with Crippen LogP contribution in [-0.4, -0.2) is 37.5 Å². The van der Waals surface area contributed by atoms with E-state index in [-0.39, 0.29) is 18.2 Å². The number of fused-ring (bicyclic) bond motifs is 1. The average molecular weight is 467 g/mol. The van der Waals surface area contributed by atoms with Crippen LogP contribution in [0.5, 0.6) is 17.2 Å². The summed E-state index contributed by atoms with van der Waals surface area (Å²) in [6.45, 7) is 1.78. The Balaban J connectivity index is 1.50. The second kappa shape index (κ2) is 9.64. The molecule has 4 rings (SSSR count). The highest BCUT2D eigenvalue weighted by atomic mass is 32.2. The van der Waals surface area contributed by atoms with E-state index < -0.39 is 16.1 Å². The van der Waals surface area contributed by atoms with E-state index >= 15 is 0 Å². The molecular weight excluding hydrogens is 440 g/mol. The molecule has 172 valence electrons. The summed E-state index contributed by atoms with van der Waals surface area (Å²) >= 11 is 0. The molecule has 0 bridgehead atoms. The number of sulfonamides is 1. The van der Waals surface area contributed by atoms with E-state index in [0.717, 1.165) is 11.1 Å². The van der Waals surface area contributed by atoms with Gasteiger partial charge in [-0.3, -0.25) is 4.79 Å². The molecule has 0 fully saturated rings. The van der Waals surface area contributed by atoms with Crippen LogP contribution in [0.4, 0.5) is 5.69 Å². The molecule has 0 spiro atoms. The summed E-state index contributed by atoms with van der Waals surface area (Å²) in [5.74, 6) is 1.36. The number of hydrogen-bond acceptors (Lipinski definition) is 5. The number of anilines is 1. The Kier molecular flexibility index (Phi) is 6.67. The summed E-state index contributed by atoms with van der Waals surface area (Å²) in [6, 6.07) is 21.0.